The Kier molecular flexibility index (Phi) is 33.7. The Balaban J connectivity index is 4.61. The minimum absolute atomic E-state index is 0.0140. The van der Waals surface area contributed by atoms with E-state index in [-0.39, 0.29) is 12.5 Å². The van der Waals surface area contributed by atoms with Gasteiger partial charge in [-0.15, -0.1) is 0 Å². The summed E-state index contributed by atoms with van der Waals surface area (Å²) in [6.45, 7) is 4.53. The number of unbranched alkanes of at least 4 members (excludes halogenated alkanes) is 16. The molecule has 0 saturated heterocycles. The standard InChI is InChI=1S/C43H79N2O6P/c1-6-8-10-12-14-16-18-20-22-24-26-28-30-32-34-36-42(46)41(40-51-52(48,49)50-39-38-45(3,4)5)44-43(47)37-35-33-31-29-27-25-23-21-19-17-15-13-11-9-7-2/h15,17-21,26,28,34,36,41-42,46H,6-14,16,22-25,27,29-33,35,37-40H2,1-5H3,(H-,44,47,48,49)/b17-15-,20-18+,21-19-,28-26+,36-34+. The van der Waals surface area contributed by atoms with Crippen LogP contribution in [-0.4, -0.2) is 68.5 Å². The van der Waals surface area contributed by atoms with E-state index < -0.39 is 26.6 Å². The first kappa shape index (κ1) is 50.2. The molecule has 1 amide bonds. The highest BCUT2D eigenvalue weighted by molar-refractivity contribution is 7.45. The van der Waals surface area contributed by atoms with Crippen LogP contribution in [0.5, 0.6) is 0 Å². The minimum Gasteiger partial charge on any atom is -0.756 e. The zero-order valence-corrected chi connectivity index (χ0v) is 34.9. The van der Waals surface area contributed by atoms with Gasteiger partial charge in [-0.2, -0.15) is 0 Å². The molecule has 3 atom stereocenters. The molecule has 9 heteroatoms. The zero-order valence-electron chi connectivity index (χ0n) is 34.0. The molecular formula is C43H79N2O6P. The van der Waals surface area contributed by atoms with Crippen molar-refractivity contribution in [3.05, 3.63) is 60.8 Å². The van der Waals surface area contributed by atoms with Gasteiger partial charge in [0.25, 0.3) is 7.82 Å². The Labute approximate surface area is 320 Å². The molecule has 0 aromatic heterocycles. The molecule has 2 N–H and O–H groups in total. The molecule has 302 valence electrons. The Morgan fingerprint density at radius 2 is 1.13 bits per heavy atom. The normalized spacial score (nSPS) is 15.1. The molecule has 0 aliphatic heterocycles. The van der Waals surface area contributed by atoms with Crippen LogP contribution >= 0.6 is 7.82 Å². The third-order valence-electron chi connectivity index (χ3n) is 8.71. The van der Waals surface area contributed by atoms with Crippen LogP contribution < -0.4 is 10.2 Å². The lowest BCUT2D eigenvalue weighted by atomic mass is 10.1. The van der Waals surface area contributed by atoms with Crippen LogP contribution in [0, 0.1) is 0 Å². The van der Waals surface area contributed by atoms with Gasteiger partial charge in [-0.1, -0.05) is 139 Å². The summed E-state index contributed by atoms with van der Waals surface area (Å²) < 4.78 is 23.1. The number of aliphatic hydroxyl groups is 1. The van der Waals surface area contributed by atoms with Crippen molar-refractivity contribution < 1.29 is 32.9 Å². The van der Waals surface area contributed by atoms with Gasteiger partial charge in [-0.3, -0.25) is 9.36 Å². The Morgan fingerprint density at radius 1 is 0.673 bits per heavy atom. The number of hydrogen-bond acceptors (Lipinski definition) is 6. The number of allylic oxidation sites excluding steroid dienone is 9. The second-order valence-electron chi connectivity index (χ2n) is 15.0. The van der Waals surface area contributed by atoms with E-state index in [1.807, 2.05) is 27.2 Å². The number of rotatable bonds is 36. The molecule has 0 heterocycles. The first-order valence-corrected chi connectivity index (χ1v) is 22.1. The molecule has 0 rings (SSSR count). The summed E-state index contributed by atoms with van der Waals surface area (Å²) >= 11 is 0. The molecule has 3 unspecified atom stereocenters. The smallest absolute Gasteiger partial charge is 0.268 e. The van der Waals surface area contributed by atoms with Gasteiger partial charge in [0.05, 0.1) is 39.9 Å². The average molecular weight is 751 g/mol. The summed E-state index contributed by atoms with van der Waals surface area (Å²) in [6, 6.07) is -0.916. The monoisotopic (exact) mass is 751 g/mol. The van der Waals surface area contributed by atoms with Crippen LogP contribution in [0.15, 0.2) is 60.8 Å². The van der Waals surface area contributed by atoms with E-state index in [2.05, 4.69) is 67.8 Å². The maximum atomic E-state index is 12.8. The van der Waals surface area contributed by atoms with Crippen molar-refractivity contribution in [3.8, 4) is 0 Å². The summed E-state index contributed by atoms with van der Waals surface area (Å²) in [6.07, 6.45) is 44.0. The number of likely N-dealkylation sites (N-methyl/N-ethyl adjacent to an activating group) is 1. The fourth-order valence-corrected chi connectivity index (χ4v) is 6.07. The highest BCUT2D eigenvalue weighted by Crippen LogP contribution is 2.38. The molecule has 0 bridgehead atoms. The average Bonchev–Trinajstić information content (AvgIpc) is 3.09. The molecule has 0 fully saturated rings. The van der Waals surface area contributed by atoms with Gasteiger partial charge in [0.2, 0.25) is 5.91 Å². The highest BCUT2D eigenvalue weighted by atomic mass is 31.2. The largest absolute Gasteiger partial charge is 0.756 e. The number of phosphoric acid groups is 1. The first-order chi connectivity index (χ1) is 25.0. The summed E-state index contributed by atoms with van der Waals surface area (Å²) in [5.74, 6) is -0.228. The van der Waals surface area contributed by atoms with Crippen molar-refractivity contribution in [1.29, 1.82) is 0 Å². The number of carbonyl (C=O) groups is 1. The van der Waals surface area contributed by atoms with Gasteiger partial charge >= 0.3 is 0 Å². The number of nitrogens with zero attached hydrogens (tertiary/aromatic N) is 1. The molecule has 0 aromatic rings. The molecule has 0 aliphatic rings. The van der Waals surface area contributed by atoms with E-state index in [1.165, 1.54) is 70.6 Å². The van der Waals surface area contributed by atoms with Gasteiger partial charge in [-0.25, -0.2) is 0 Å². The summed E-state index contributed by atoms with van der Waals surface area (Å²) in [5.41, 5.74) is 0. The Bertz CT molecular complexity index is 1030. The second kappa shape index (κ2) is 34.9. The predicted molar refractivity (Wildman–Crippen MR) is 219 cm³/mol. The van der Waals surface area contributed by atoms with Gasteiger partial charge in [0, 0.05) is 6.42 Å². The number of hydrogen-bond donors (Lipinski definition) is 2. The minimum atomic E-state index is -4.60. The van der Waals surface area contributed by atoms with Crippen molar-refractivity contribution in [2.75, 3.05) is 40.9 Å². The number of quaternary nitrogens is 1. The van der Waals surface area contributed by atoms with Crippen LogP contribution in [0.4, 0.5) is 0 Å². The van der Waals surface area contributed by atoms with Crippen LogP contribution in [0.3, 0.4) is 0 Å². The van der Waals surface area contributed by atoms with Crippen molar-refractivity contribution in [3.63, 3.8) is 0 Å². The lowest BCUT2D eigenvalue weighted by Crippen LogP contribution is -2.45. The van der Waals surface area contributed by atoms with Crippen LogP contribution in [-0.2, 0) is 18.4 Å². The summed E-state index contributed by atoms with van der Waals surface area (Å²) in [7, 11) is 1.21. The Morgan fingerprint density at radius 3 is 1.71 bits per heavy atom. The van der Waals surface area contributed by atoms with E-state index >= 15 is 0 Å². The highest BCUT2D eigenvalue weighted by Gasteiger charge is 2.23. The van der Waals surface area contributed by atoms with Gasteiger partial charge in [0.15, 0.2) is 0 Å². The molecule has 0 aromatic carbocycles. The molecule has 0 radical (unpaired) electrons. The van der Waals surface area contributed by atoms with Crippen molar-refractivity contribution >= 4 is 13.7 Å². The third kappa shape index (κ3) is 36.6. The number of phosphoric ester groups is 1. The zero-order chi connectivity index (χ0) is 38.6. The fraction of sp³-hybridized carbons (Fsp3) is 0.744. The number of amides is 1. The summed E-state index contributed by atoms with van der Waals surface area (Å²) in [4.78, 5) is 25.2. The number of carbonyl (C=O) groups excluding carboxylic acids is 1. The van der Waals surface area contributed by atoms with Crippen molar-refractivity contribution in [2.24, 2.45) is 0 Å². The molecular weight excluding hydrogens is 671 g/mol. The third-order valence-corrected chi connectivity index (χ3v) is 9.67. The van der Waals surface area contributed by atoms with E-state index in [0.717, 1.165) is 64.2 Å². The molecule has 0 spiro atoms. The number of aliphatic hydroxyl groups excluding tert-OH is 1. The van der Waals surface area contributed by atoms with Gasteiger partial charge in [-0.05, 0) is 70.6 Å². The van der Waals surface area contributed by atoms with Crippen molar-refractivity contribution in [2.45, 2.75) is 167 Å². The summed E-state index contributed by atoms with van der Waals surface area (Å²) in [5, 5.41) is 13.7. The molecule has 0 aliphatic carbocycles. The SMILES string of the molecule is CCCCC/C=C\C=C/CCCCCCCCC(=O)NC(COP(=O)([O-])OCC[N+](C)(C)C)C(O)/C=C/CC/C=C/CC/C=C/CCCCCCC. The number of nitrogens with one attached hydrogen (secondary N) is 1. The fourth-order valence-electron chi connectivity index (χ4n) is 5.35. The van der Waals surface area contributed by atoms with Crippen LogP contribution in [0.1, 0.15) is 155 Å². The van der Waals surface area contributed by atoms with E-state index in [9.17, 15) is 19.4 Å². The van der Waals surface area contributed by atoms with Gasteiger partial charge < -0.3 is 28.8 Å². The maximum absolute atomic E-state index is 12.8. The predicted octanol–water partition coefficient (Wildman–Crippen LogP) is 10.4. The first-order valence-electron chi connectivity index (χ1n) is 20.7. The van der Waals surface area contributed by atoms with Gasteiger partial charge in [0.1, 0.15) is 13.2 Å². The molecule has 52 heavy (non-hydrogen) atoms. The van der Waals surface area contributed by atoms with E-state index in [0.29, 0.717) is 17.4 Å². The quantitative estimate of drug-likeness (QED) is 0.0217. The topological polar surface area (TPSA) is 108 Å². The van der Waals surface area contributed by atoms with Crippen LogP contribution in [0.25, 0.3) is 0 Å². The lowest BCUT2D eigenvalue weighted by Gasteiger charge is -2.29. The van der Waals surface area contributed by atoms with E-state index in [4.69, 9.17) is 9.05 Å². The lowest BCUT2D eigenvalue weighted by molar-refractivity contribution is -0.870. The Hall–Kier alpha value is -1.80. The second-order valence-corrected chi connectivity index (χ2v) is 16.4. The molecule has 0 saturated carbocycles. The van der Waals surface area contributed by atoms with Crippen molar-refractivity contribution in [1.82, 2.24) is 5.32 Å². The van der Waals surface area contributed by atoms with Crippen LogP contribution in [0.2, 0.25) is 0 Å². The molecule has 8 nitrogen and oxygen atoms in total. The maximum Gasteiger partial charge on any atom is 0.268 e. The van der Waals surface area contributed by atoms with E-state index in [1.54, 1.807) is 6.08 Å².